The Morgan fingerprint density at radius 1 is 1.21 bits per heavy atom. The Labute approximate surface area is 192 Å². The standard InChI is InChI=1S/C21H13F3N4O5S/c22-11-6-13(23)16(14(24)7-11)17(29)10-3-5-33-21(32,8-10)20(31)26-9-15-27-28-19(34-15)12-2-1-4-25-18(12)30/h1-8,32H,9H2,(H,25,30)(H,26,31). The average molecular weight is 490 g/mol. The molecule has 3 N–H and O–H groups in total. The molecule has 3 heterocycles. The molecule has 2 aromatic heterocycles. The van der Waals surface area contributed by atoms with Gasteiger partial charge in [0.05, 0.1) is 23.9 Å². The number of ketones is 1. The van der Waals surface area contributed by atoms with E-state index in [4.69, 9.17) is 4.74 Å². The fraction of sp³-hybridized carbons (Fsp3) is 0.0952. The molecular formula is C21H13F3N4O5S. The summed E-state index contributed by atoms with van der Waals surface area (Å²) < 4.78 is 46.0. The van der Waals surface area contributed by atoms with E-state index in [1.54, 1.807) is 12.1 Å². The third-order valence-corrected chi connectivity index (χ3v) is 5.54. The lowest BCUT2D eigenvalue weighted by molar-refractivity contribution is -0.171. The molecule has 1 atom stereocenters. The largest absolute Gasteiger partial charge is 0.458 e. The Morgan fingerprint density at radius 2 is 1.94 bits per heavy atom. The van der Waals surface area contributed by atoms with Crippen molar-refractivity contribution in [3.63, 3.8) is 0 Å². The van der Waals surface area contributed by atoms with Crippen LogP contribution in [0.15, 0.2) is 59.2 Å². The highest BCUT2D eigenvalue weighted by molar-refractivity contribution is 7.14. The van der Waals surface area contributed by atoms with Gasteiger partial charge in [0.1, 0.15) is 22.5 Å². The molecule has 1 amide bonds. The summed E-state index contributed by atoms with van der Waals surface area (Å²) in [6.45, 7) is -0.213. The molecule has 174 valence electrons. The maximum Gasteiger partial charge on any atom is 0.309 e. The second kappa shape index (κ2) is 9.03. The Balaban J connectivity index is 1.49. The highest BCUT2D eigenvalue weighted by Gasteiger charge is 2.39. The number of aromatic amines is 1. The molecule has 3 aromatic rings. The third kappa shape index (κ3) is 4.51. The van der Waals surface area contributed by atoms with E-state index >= 15 is 0 Å². The smallest absolute Gasteiger partial charge is 0.309 e. The molecule has 0 saturated carbocycles. The summed E-state index contributed by atoms with van der Waals surface area (Å²) in [7, 11) is 0. The highest BCUT2D eigenvalue weighted by atomic mass is 32.1. The van der Waals surface area contributed by atoms with Crippen LogP contribution in [0.5, 0.6) is 0 Å². The van der Waals surface area contributed by atoms with Crippen molar-refractivity contribution in [3.05, 3.63) is 92.8 Å². The van der Waals surface area contributed by atoms with Crippen LogP contribution in [0.3, 0.4) is 0 Å². The van der Waals surface area contributed by atoms with Crippen LogP contribution >= 0.6 is 11.3 Å². The number of hydrogen-bond acceptors (Lipinski definition) is 8. The Hall–Kier alpha value is -4.10. The number of hydrogen-bond donors (Lipinski definition) is 3. The van der Waals surface area contributed by atoms with Gasteiger partial charge < -0.3 is 20.1 Å². The number of benzene rings is 1. The van der Waals surface area contributed by atoms with E-state index in [0.717, 1.165) is 23.7 Å². The zero-order valence-corrected chi connectivity index (χ0v) is 17.7. The Kier molecular flexibility index (Phi) is 6.13. The van der Waals surface area contributed by atoms with Gasteiger partial charge in [-0.25, -0.2) is 13.2 Å². The first-order chi connectivity index (χ1) is 16.2. The van der Waals surface area contributed by atoms with Crippen LogP contribution in [0.1, 0.15) is 15.4 Å². The molecular weight excluding hydrogens is 477 g/mol. The van der Waals surface area contributed by atoms with Crippen LogP contribution in [0.2, 0.25) is 0 Å². The predicted octanol–water partition coefficient (Wildman–Crippen LogP) is 1.97. The van der Waals surface area contributed by atoms with Gasteiger partial charge in [0, 0.05) is 30.0 Å². The van der Waals surface area contributed by atoms with Crippen molar-refractivity contribution in [1.82, 2.24) is 20.5 Å². The van der Waals surface area contributed by atoms with Gasteiger partial charge in [-0.3, -0.25) is 14.4 Å². The molecule has 0 bridgehead atoms. The number of nitrogens with zero attached hydrogens (tertiary/aromatic N) is 2. The van der Waals surface area contributed by atoms with Crippen molar-refractivity contribution in [2.24, 2.45) is 0 Å². The van der Waals surface area contributed by atoms with Gasteiger partial charge in [-0.15, -0.1) is 10.2 Å². The molecule has 0 aliphatic carbocycles. The van der Waals surface area contributed by atoms with E-state index < -0.39 is 46.1 Å². The van der Waals surface area contributed by atoms with E-state index in [9.17, 15) is 32.7 Å². The fourth-order valence-corrected chi connectivity index (χ4v) is 3.78. The zero-order valence-electron chi connectivity index (χ0n) is 16.8. The van der Waals surface area contributed by atoms with Crippen LogP contribution in [0, 0.1) is 17.5 Å². The molecule has 1 aromatic carbocycles. The summed E-state index contributed by atoms with van der Waals surface area (Å²) in [6, 6.07) is 3.82. The minimum atomic E-state index is -2.68. The van der Waals surface area contributed by atoms with Crippen LogP contribution in [0.25, 0.3) is 10.6 Å². The van der Waals surface area contributed by atoms with Crippen molar-refractivity contribution in [1.29, 1.82) is 0 Å². The minimum Gasteiger partial charge on any atom is -0.458 e. The third-order valence-electron chi connectivity index (χ3n) is 4.58. The number of rotatable bonds is 6. The van der Waals surface area contributed by atoms with Gasteiger partial charge in [-0.2, -0.15) is 0 Å². The zero-order chi connectivity index (χ0) is 24.5. The maximum atomic E-state index is 14.0. The van der Waals surface area contributed by atoms with Gasteiger partial charge in [0.25, 0.3) is 11.5 Å². The van der Waals surface area contributed by atoms with Crippen molar-refractivity contribution >= 4 is 23.0 Å². The normalized spacial score (nSPS) is 17.1. The first-order valence-corrected chi connectivity index (χ1v) is 10.3. The van der Waals surface area contributed by atoms with Crippen LogP contribution in [-0.4, -0.2) is 37.8 Å². The van der Waals surface area contributed by atoms with Crippen LogP contribution in [-0.2, 0) is 16.1 Å². The van der Waals surface area contributed by atoms with E-state index in [2.05, 4.69) is 20.5 Å². The summed E-state index contributed by atoms with van der Waals surface area (Å²) in [6.07, 6.45) is 3.91. The Bertz CT molecular complexity index is 1390. The molecule has 0 spiro atoms. The quantitative estimate of drug-likeness (QED) is 0.450. The lowest BCUT2D eigenvalue weighted by Crippen LogP contribution is -2.47. The number of allylic oxidation sites excluding steroid dienone is 2. The summed E-state index contributed by atoms with van der Waals surface area (Å²) in [5.74, 6) is -9.13. The first kappa shape index (κ1) is 23.1. The number of H-pyrrole nitrogens is 1. The molecule has 0 saturated heterocycles. The number of amides is 1. The van der Waals surface area contributed by atoms with E-state index in [0.29, 0.717) is 23.2 Å². The fourth-order valence-electron chi connectivity index (χ4n) is 2.97. The van der Waals surface area contributed by atoms with E-state index in [-0.39, 0.29) is 22.7 Å². The molecule has 0 radical (unpaired) electrons. The summed E-state index contributed by atoms with van der Waals surface area (Å²) >= 11 is 1.02. The van der Waals surface area contributed by atoms with Gasteiger partial charge in [-0.05, 0) is 18.2 Å². The summed E-state index contributed by atoms with van der Waals surface area (Å²) in [5, 5.41) is 21.2. The number of ether oxygens (including phenoxy) is 1. The molecule has 4 rings (SSSR count). The number of halogens is 3. The van der Waals surface area contributed by atoms with Crippen molar-refractivity contribution in [2.45, 2.75) is 12.3 Å². The van der Waals surface area contributed by atoms with Crippen LogP contribution < -0.4 is 10.9 Å². The lowest BCUT2D eigenvalue weighted by Gasteiger charge is -2.25. The lowest BCUT2D eigenvalue weighted by atomic mass is 9.98. The first-order valence-electron chi connectivity index (χ1n) is 9.45. The predicted molar refractivity (Wildman–Crippen MR) is 112 cm³/mol. The molecule has 34 heavy (non-hydrogen) atoms. The second-order valence-corrected chi connectivity index (χ2v) is 7.95. The summed E-state index contributed by atoms with van der Waals surface area (Å²) in [5.41, 5.74) is -1.61. The Morgan fingerprint density at radius 3 is 2.65 bits per heavy atom. The van der Waals surface area contributed by atoms with E-state index in [1.807, 2.05) is 0 Å². The van der Waals surface area contributed by atoms with Gasteiger partial charge >= 0.3 is 5.79 Å². The van der Waals surface area contributed by atoms with Gasteiger partial charge in [0.2, 0.25) is 0 Å². The number of aliphatic hydroxyl groups is 1. The number of carbonyl (C=O) groups is 2. The number of Topliss-reactive ketones (excluding diaryl/α,β-unsaturated/α-hetero) is 1. The molecule has 0 fully saturated rings. The van der Waals surface area contributed by atoms with Crippen molar-refractivity contribution in [2.75, 3.05) is 0 Å². The molecule has 9 nitrogen and oxygen atoms in total. The molecule has 1 unspecified atom stereocenters. The minimum absolute atomic E-state index is 0.213. The highest BCUT2D eigenvalue weighted by Crippen LogP contribution is 2.25. The number of carbonyl (C=O) groups excluding carboxylic acids is 2. The van der Waals surface area contributed by atoms with E-state index in [1.165, 1.54) is 6.20 Å². The van der Waals surface area contributed by atoms with Gasteiger partial charge in [-0.1, -0.05) is 11.3 Å². The molecule has 1 aliphatic rings. The van der Waals surface area contributed by atoms with Gasteiger partial charge in [0.15, 0.2) is 10.8 Å². The number of aromatic nitrogens is 3. The van der Waals surface area contributed by atoms with Crippen molar-refractivity contribution in [3.8, 4) is 10.6 Å². The average Bonchev–Trinajstić information content (AvgIpc) is 3.25. The topological polar surface area (TPSA) is 134 Å². The number of nitrogens with one attached hydrogen (secondary N) is 2. The second-order valence-electron chi connectivity index (χ2n) is 6.89. The summed E-state index contributed by atoms with van der Waals surface area (Å²) in [4.78, 5) is 39.4. The van der Waals surface area contributed by atoms with Crippen LogP contribution in [0.4, 0.5) is 13.2 Å². The maximum absolute atomic E-state index is 14.0. The SMILES string of the molecule is O=C(C1=CC(O)(C(=O)NCc2nnc(-c3ccc[nH]c3=O)s2)OC=C1)c1c(F)cc(F)cc1F. The monoisotopic (exact) mass is 490 g/mol. The molecule has 13 heteroatoms. The number of pyridine rings is 1. The van der Waals surface area contributed by atoms with Crippen molar-refractivity contribution < 1.29 is 32.6 Å². The molecule has 1 aliphatic heterocycles.